The number of rotatable bonds is 5. The molecule has 0 saturated carbocycles. The van der Waals surface area contributed by atoms with Gasteiger partial charge in [-0.3, -0.25) is 14.7 Å². The van der Waals surface area contributed by atoms with Crippen LogP contribution in [0.25, 0.3) is 0 Å². The molecule has 8 nitrogen and oxygen atoms in total. The fraction of sp³-hybridized carbons (Fsp3) is 0.692. The van der Waals surface area contributed by atoms with E-state index in [4.69, 9.17) is 4.74 Å². The van der Waals surface area contributed by atoms with Gasteiger partial charge in [-0.1, -0.05) is 13.8 Å². The van der Waals surface area contributed by atoms with Crippen molar-refractivity contribution in [2.75, 3.05) is 19.8 Å². The topological polar surface area (TPSA) is 117 Å². The molecular formula is C13H20N4O4. The van der Waals surface area contributed by atoms with Gasteiger partial charge in [0.1, 0.15) is 5.82 Å². The fourth-order valence-electron chi connectivity index (χ4n) is 2.19. The van der Waals surface area contributed by atoms with E-state index in [0.717, 1.165) is 0 Å². The Hall–Kier alpha value is -1.96. The third-order valence-electron chi connectivity index (χ3n) is 3.74. The van der Waals surface area contributed by atoms with Crippen molar-refractivity contribution in [3.8, 4) is 0 Å². The molecule has 1 aromatic heterocycles. The number of carbonyl (C=O) groups excluding carboxylic acids is 1. The number of aliphatic carboxylic acids is 1. The average Bonchev–Trinajstić information content (AvgIpc) is 2.95. The van der Waals surface area contributed by atoms with Gasteiger partial charge in [0.05, 0.1) is 5.41 Å². The standard InChI is InChI=1S/C13H20N4O4/c1-8(2)9-15-10(17-16-9)11(18)14-7-13(12(19)20)3-5-21-6-4-13/h8H,3-7H2,1-2H3,(H,14,18)(H,19,20)(H,15,16,17). The monoisotopic (exact) mass is 296 g/mol. The Morgan fingerprint density at radius 3 is 2.62 bits per heavy atom. The van der Waals surface area contributed by atoms with Gasteiger partial charge in [0, 0.05) is 25.7 Å². The number of H-pyrrole nitrogens is 1. The molecule has 2 heterocycles. The Morgan fingerprint density at radius 1 is 1.43 bits per heavy atom. The number of amides is 1. The Labute approximate surface area is 122 Å². The quantitative estimate of drug-likeness (QED) is 0.730. The highest BCUT2D eigenvalue weighted by atomic mass is 16.5. The predicted molar refractivity (Wildman–Crippen MR) is 72.9 cm³/mol. The van der Waals surface area contributed by atoms with E-state index in [9.17, 15) is 14.7 Å². The average molecular weight is 296 g/mol. The molecule has 0 aliphatic carbocycles. The summed E-state index contributed by atoms with van der Waals surface area (Å²) in [6.45, 7) is 4.70. The zero-order valence-electron chi connectivity index (χ0n) is 12.2. The van der Waals surface area contributed by atoms with Crippen LogP contribution < -0.4 is 5.32 Å². The second kappa shape index (κ2) is 6.21. The van der Waals surface area contributed by atoms with E-state index < -0.39 is 17.3 Å². The lowest BCUT2D eigenvalue weighted by atomic mass is 9.80. The Kier molecular flexibility index (Phi) is 4.56. The molecule has 1 aromatic rings. The van der Waals surface area contributed by atoms with E-state index in [1.807, 2.05) is 13.8 Å². The van der Waals surface area contributed by atoms with Gasteiger partial charge in [0.15, 0.2) is 0 Å². The number of aromatic nitrogens is 3. The first-order chi connectivity index (χ1) is 9.94. The van der Waals surface area contributed by atoms with Crippen LogP contribution in [0.5, 0.6) is 0 Å². The van der Waals surface area contributed by atoms with Gasteiger partial charge in [0.25, 0.3) is 5.91 Å². The number of carbonyl (C=O) groups is 2. The summed E-state index contributed by atoms with van der Waals surface area (Å²) in [6.07, 6.45) is 0.766. The van der Waals surface area contributed by atoms with Crippen LogP contribution in [0.2, 0.25) is 0 Å². The minimum Gasteiger partial charge on any atom is -0.481 e. The van der Waals surface area contributed by atoms with Crippen molar-refractivity contribution in [3.05, 3.63) is 11.6 Å². The molecule has 116 valence electrons. The SMILES string of the molecule is CC(C)c1nc(C(=O)NCC2(C(=O)O)CCOCC2)n[nH]1. The van der Waals surface area contributed by atoms with Crippen molar-refractivity contribution in [3.63, 3.8) is 0 Å². The summed E-state index contributed by atoms with van der Waals surface area (Å²) in [5, 5.41) is 18.6. The highest BCUT2D eigenvalue weighted by molar-refractivity contribution is 5.90. The minimum absolute atomic E-state index is 0.0336. The normalized spacial score (nSPS) is 17.7. The molecule has 3 N–H and O–H groups in total. The van der Waals surface area contributed by atoms with E-state index in [0.29, 0.717) is 31.9 Å². The Balaban J connectivity index is 1.99. The number of carboxylic acid groups (broad SMARTS) is 1. The van der Waals surface area contributed by atoms with Gasteiger partial charge in [-0.15, -0.1) is 5.10 Å². The summed E-state index contributed by atoms with van der Waals surface area (Å²) in [7, 11) is 0. The molecule has 8 heteroatoms. The molecule has 1 amide bonds. The number of nitrogens with one attached hydrogen (secondary N) is 2. The molecule has 0 radical (unpaired) electrons. The number of nitrogens with zero attached hydrogens (tertiary/aromatic N) is 2. The van der Waals surface area contributed by atoms with E-state index in [-0.39, 0.29) is 18.3 Å². The van der Waals surface area contributed by atoms with Crippen LogP contribution in [0.1, 0.15) is 49.1 Å². The smallest absolute Gasteiger partial charge is 0.311 e. The third kappa shape index (κ3) is 3.38. The molecule has 1 aliphatic heterocycles. The number of hydrogen-bond acceptors (Lipinski definition) is 5. The van der Waals surface area contributed by atoms with Crippen LogP contribution >= 0.6 is 0 Å². The minimum atomic E-state index is -0.967. The molecule has 1 fully saturated rings. The first kappa shape index (κ1) is 15.4. The van der Waals surface area contributed by atoms with Gasteiger partial charge in [0.2, 0.25) is 5.82 Å². The fourth-order valence-corrected chi connectivity index (χ4v) is 2.19. The lowest BCUT2D eigenvalue weighted by Gasteiger charge is -2.32. The summed E-state index contributed by atoms with van der Waals surface area (Å²) >= 11 is 0. The number of ether oxygens (including phenoxy) is 1. The van der Waals surface area contributed by atoms with Gasteiger partial charge in [-0.25, -0.2) is 4.98 Å². The second-order valence-corrected chi connectivity index (χ2v) is 5.58. The summed E-state index contributed by atoms with van der Waals surface area (Å²) in [5.74, 6) is -0.584. The summed E-state index contributed by atoms with van der Waals surface area (Å²) in [6, 6.07) is 0. The van der Waals surface area contributed by atoms with Gasteiger partial charge in [-0.05, 0) is 12.8 Å². The van der Waals surface area contributed by atoms with E-state index in [1.54, 1.807) is 0 Å². The Morgan fingerprint density at radius 2 is 2.10 bits per heavy atom. The maximum atomic E-state index is 12.0. The maximum Gasteiger partial charge on any atom is 0.311 e. The van der Waals surface area contributed by atoms with Gasteiger partial charge >= 0.3 is 5.97 Å². The molecule has 0 bridgehead atoms. The van der Waals surface area contributed by atoms with Crippen LogP contribution in [0.15, 0.2) is 0 Å². The van der Waals surface area contributed by atoms with Gasteiger partial charge < -0.3 is 15.2 Å². The van der Waals surface area contributed by atoms with E-state index in [1.165, 1.54) is 0 Å². The molecule has 1 aliphatic rings. The third-order valence-corrected chi connectivity index (χ3v) is 3.74. The highest BCUT2D eigenvalue weighted by Crippen LogP contribution is 2.30. The zero-order valence-corrected chi connectivity index (χ0v) is 12.2. The van der Waals surface area contributed by atoms with Crippen molar-refractivity contribution in [2.24, 2.45) is 5.41 Å². The van der Waals surface area contributed by atoms with Gasteiger partial charge in [-0.2, -0.15) is 0 Å². The molecular weight excluding hydrogens is 276 g/mol. The van der Waals surface area contributed by atoms with Crippen molar-refractivity contribution in [2.45, 2.75) is 32.6 Å². The van der Waals surface area contributed by atoms with Crippen LogP contribution in [-0.2, 0) is 9.53 Å². The lowest BCUT2D eigenvalue weighted by Crippen LogP contribution is -2.46. The van der Waals surface area contributed by atoms with Crippen LogP contribution in [-0.4, -0.2) is 51.9 Å². The second-order valence-electron chi connectivity index (χ2n) is 5.58. The van der Waals surface area contributed by atoms with Crippen molar-refractivity contribution in [1.82, 2.24) is 20.5 Å². The highest BCUT2D eigenvalue weighted by Gasteiger charge is 2.40. The molecule has 21 heavy (non-hydrogen) atoms. The molecule has 0 aromatic carbocycles. The van der Waals surface area contributed by atoms with Crippen molar-refractivity contribution in [1.29, 1.82) is 0 Å². The number of aromatic amines is 1. The molecule has 2 rings (SSSR count). The number of hydrogen-bond donors (Lipinski definition) is 3. The predicted octanol–water partition coefficient (Wildman–Crippen LogP) is 0.539. The maximum absolute atomic E-state index is 12.0. The van der Waals surface area contributed by atoms with E-state index >= 15 is 0 Å². The van der Waals surface area contributed by atoms with Crippen molar-refractivity contribution < 1.29 is 19.4 Å². The Bertz CT molecular complexity index is 520. The summed E-state index contributed by atoms with van der Waals surface area (Å²) in [5.41, 5.74) is -0.967. The zero-order chi connectivity index (χ0) is 15.5. The van der Waals surface area contributed by atoms with Crippen LogP contribution in [0.3, 0.4) is 0 Å². The molecule has 0 spiro atoms. The lowest BCUT2D eigenvalue weighted by molar-refractivity contribution is -0.154. The number of carboxylic acids is 1. The molecule has 0 unspecified atom stereocenters. The summed E-state index contributed by atoms with van der Waals surface area (Å²) in [4.78, 5) is 27.6. The van der Waals surface area contributed by atoms with Crippen molar-refractivity contribution >= 4 is 11.9 Å². The first-order valence-electron chi connectivity index (χ1n) is 6.96. The molecule has 1 saturated heterocycles. The van der Waals surface area contributed by atoms with Crippen LogP contribution in [0.4, 0.5) is 0 Å². The van der Waals surface area contributed by atoms with Crippen LogP contribution in [0, 0.1) is 5.41 Å². The van der Waals surface area contributed by atoms with E-state index in [2.05, 4.69) is 20.5 Å². The first-order valence-corrected chi connectivity index (χ1v) is 6.96. The molecule has 0 atom stereocenters. The summed E-state index contributed by atoms with van der Waals surface area (Å²) < 4.78 is 5.19. The largest absolute Gasteiger partial charge is 0.481 e.